The molecule has 0 saturated heterocycles. The predicted molar refractivity (Wildman–Crippen MR) is 79.1 cm³/mol. The highest BCUT2D eigenvalue weighted by molar-refractivity contribution is 5.85. The lowest BCUT2D eigenvalue weighted by molar-refractivity contribution is -0.152. The Morgan fingerprint density at radius 2 is 1.76 bits per heavy atom. The Hall–Kier alpha value is -1.26. The van der Waals surface area contributed by atoms with E-state index in [0.717, 1.165) is 19.3 Å². The lowest BCUT2D eigenvalue weighted by Gasteiger charge is -2.39. The zero-order valence-corrected chi connectivity index (χ0v) is 13.7. The van der Waals surface area contributed by atoms with Crippen molar-refractivity contribution in [1.29, 1.82) is 0 Å². The molecule has 0 heterocycles. The molecule has 2 aliphatic rings. The Morgan fingerprint density at radius 1 is 1.19 bits per heavy atom. The standard InChI is InChI=1S/C16H27NO4/c1-14(2,3)21-13(20)17(11-6-7-11)16(12(18)19)9-8-15(4,5)10-16/h11H,6-10H2,1-5H3,(H,18,19). The largest absolute Gasteiger partial charge is 0.479 e. The molecule has 0 aliphatic heterocycles. The Balaban J connectivity index is 2.31. The molecule has 21 heavy (non-hydrogen) atoms. The maximum absolute atomic E-state index is 12.6. The van der Waals surface area contributed by atoms with E-state index < -0.39 is 23.2 Å². The molecular weight excluding hydrogens is 270 g/mol. The molecular formula is C16H27NO4. The second kappa shape index (κ2) is 4.89. The summed E-state index contributed by atoms with van der Waals surface area (Å²) in [6.07, 6.45) is 3.07. The summed E-state index contributed by atoms with van der Waals surface area (Å²) in [6.45, 7) is 9.56. The molecule has 2 fully saturated rings. The van der Waals surface area contributed by atoms with Crippen molar-refractivity contribution in [2.45, 2.75) is 83.9 Å². The van der Waals surface area contributed by atoms with Gasteiger partial charge in [-0.05, 0) is 58.3 Å². The van der Waals surface area contributed by atoms with Crippen molar-refractivity contribution in [2.24, 2.45) is 5.41 Å². The first kappa shape index (κ1) is 16.1. The van der Waals surface area contributed by atoms with Crippen LogP contribution in [0.4, 0.5) is 4.79 Å². The Kier molecular flexibility index (Phi) is 3.75. The van der Waals surface area contributed by atoms with Crippen LogP contribution in [0.3, 0.4) is 0 Å². The van der Waals surface area contributed by atoms with Gasteiger partial charge in [-0.15, -0.1) is 0 Å². The molecule has 0 spiro atoms. The normalized spacial score (nSPS) is 28.2. The van der Waals surface area contributed by atoms with Crippen LogP contribution >= 0.6 is 0 Å². The molecule has 5 nitrogen and oxygen atoms in total. The van der Waals surface area contributed by atoms with Crippen molar-refractivity contribution in [1.82, 2.24) is 4.90 Å². The molecule has 1 unspecified atom stereocenters. The van der Waals surface area contributed by atoms with E-state index in [9.17, 15) is 14.7 Å². The molecule has 2 rings (SSSR count). The van der Waals surface area contributed by atoms with Crippen molar-refractivity contribution < 1.29 is 19.4 Å². The molecule has 1 N–H and O–H groups in total. The van der Waals surface area contributed by atoms with Crippen LogP contribution in [-0.4, -0.2) is 39.3 Å². The number of nitrogens with zero attached hydrogens (tertiary/aromatic N) is 1. The van der Waals surface area contributed by atoms with Crippen molar-refractivity contribution in [3.05, 3.63) is 0 Å². The smallest absolute Gasteiger partial charge is 0.411 e. The summed E-state index contributed by atoms with van der Waals surface area (Å²) in [5.41, 5.74) is -1.78. The summed E-state index contributed by atoms with van der Waals surface area (Å²) in [4.78, 5) is 26.1. The fourth-order valence-electron chi connectivity index (χ4n) is 3.32. The van der Waals surface area contributed by atoms with Crippen LogP contribution in [0.25, 0.3) is 0 Å². The minimum atomic E-state index is -1.10. The van der Waals surface area contributed by atoms with Crippen LogP contribution in [0.2, 0.25) is 0 Å². The van der Waals surface area contributed by atoms with E-state index in [4.69, 9.17) is 4.74 Å². The third-order valence-electron chi connectivity index (χ3n) is 4.35. The van der Waals surface area contributed by atoms with Gasteiger partial charge in [-0.2, -0.15) is 0 Å². The Morgan fingerprint density at radius 3 is 2.10 bits per heavy atom. The number of carboxylic acid groups (broad SMARTS) is 1. The van der Waals surface area contributed by atoms with Crippen LogP contribution in [-0.2, 0) is 9.53 Å². The number of carboxylic acids is 1. The minimum absolute atomic E-state index is 0.0184. The highest BCUT2D eigenvalue weighted by Gasteiger charge is 2.58. The van der Waals surface area contributed by atoms with Crippen LogP contribution in [0.15, 0.2) is 0 Å². The van der Waals surface area contributed by atoms with Gasteiger partial charge >= 0.3 is 12.1 Å². The first-order valence-electron chi connectivity index (χ1n) is 7.73. The lowest BCUT2D eigenvalue weighted by atomic mass is 9.86. The third kappa shape index (κ3) is 3.33. The van der Waals surface area contributed by atoms with E-state index in [1.54, 1.807) is 0 Å². The molecule has 0 radical (unpaired) electrons. The van der Waals surface area contributed by atoms with Gasteiger partial charge in [0.1, 0.15) is 11.1 Å². The molecule has 0 bridgehead atoms. The second-order valence-corrected chi connectivity index (χ2v) is 8.26. The van der Waals surface area contributed by atoms with Gasteiger partial charge in [-0.3, -0.25) is 4.90 Å². The number of rotatable bonds is 3. The van der Waals surface area contributed by atoms with Crippen molar-refractivity contribution >= 4 is 12.1 Å². The van der Waals surface area contributed by atoms with Gasteiger partial charge in [-0.1, -0.05) is 13.8 Å². The first-order valence-corrected chi connectivity index (χ1v) is 7.73. The fraction of sp³-hybridized carbons (Fsp3) is 0.875. The molecule has 2 saturated carbocycles. The second-order valence-electron chi connectivity index (χ2n) is 8.26. The van der Waals surface area contributed by atoms with E-state index in [2.05, 4.69) is 13.8 Å². The highest BCUT2D eigenvalue weighted by atomic mass is 16.6. The predicted octanol–water partition coefficient (Wildman–Crippen LogP) is 3.42. The van der Waals surface area contributed by atoms with E-state index in [1.165, 1.54) is 4.90 Å². The van der Waals surface area contributed by atoms with Gasteiger partial charge in [0.25, 0.3) is 0 Å². The number of carbonyl (C=O) groups excluding carboxylic acids is 1. The van der Waals surface area contributed by atoms with E-state index in [0.29, 0.717) is 12.8 Å². The van der Waals surface area contributed by atoms with Crippen LogP contribution < -0.4 is 0 Å². The average Bonchev–Trinajstić information content (AvgIpc) is 3.01. The van der Waals surface area contributed by atoms with Gasteiger partial charge in [-0.25, -0.2) is 9.59 Å². The number of hydrogen-bond acceptors (Lipinski definition) is 3. The number of amides is 1. The van der Waals surface area contributed by atoms with Gasteiger partial charge in [0.15, 0.2) is 0 Å². The van der Waals surface area contributed by atoms with E-state index in [1.807, 2.05) is 20.8 Å². The highest BCUT2D eigenvalue weighted by Crippen LogP contribution is 2.50. The summed E-state index contributed by atoms with van der Waals surface area (Å²) in [6, 6.07) is 0.0184. The van der Waals surface area contributed by atoms with Crippen molar-refractivity contribution in [2.75, 3.05) is 0 Å². The van der Waals surface area contributed by atoms with Crippen LogP contribution in [0, 0.1) is 5.41 Å². The van der Waals surface area contributed by atoms with Gasteiger partial charge in [0, 0.05) is 6.04 Å². The monoisotopic (exact) mass is 297 g/mol. The summed E-state index contributed by atoms with van der Waals surface area (Å²) >= 11 is 0. The SMILES string of the molecule is CC1(C)CCC(C(=O)O)(N(C(=O)OC(C)(C)C)C2CC2)C1. The number of ether oxygens (including phenoxy) is 1. The van der Waals surface area contributed by atoms with Crippen LogP contribution in [0.5, 0.6) is 0 Å². The van der Waals surface area contributed by atoms with E-state index >= 15 is 0 Å². The molecule has 5 heteroatoms. The molecule has 0 aromatic carbocycles. The molecule has 120 valence electrons. The number of aliphatic carboxylic acids is 1. The van der Waals surface area contributed by atoms with Gasteiger partial charge in [0.2, 0.25) is 0 Å². The van der Waals surface area contributed by atoms with Gasteiger partial charge < -0.3 is 9.84 Å². The Bertz CT molecular complexity index is 448. The topological polar surface area (TPSA) is 66.8 Å². The zero-order chi connectivity index (χ0) is 16.1. The quantitative estimate of drug-likeness (QED) is 0.866. The summed E-state index contributed by atoms with van der Waals surface area (Å²) in [7, 11) is 0. The van der Waals surface area contributed by atoms with Crippen molar-refractivity contribution in [3.8, 4) is 0 Å². The van der Waals surface area contributed by atoms with Crippen LogP contribution in [0.1, 0.15) is 66.7 Å². The molecule has 2 aliphatic carbocycles. The Labute approximate surface area is 126 Å². The minimum Gasteiger partial charge on any atom is -0.479 e. The lowest BCUT2D eigenvalue weighted by Crippen LogP contribution is -2.58. The summed E-state index contributed by atoms with van der Waals surface area (Å²) < 4.78 is 5.48. The molecule has 0 aromatic heterocycles. The third-order valence-corrected chi connectivity index (χ3v) is 4.35. The number of hydrogen-bond donors (Lipinski definition) is 1. The maximum atomic E-state index is 12.6. The summed E-state index contributed by atoms with van der Waals surface area (Å²) in [5, 5.41) is 9.84. The molecule has 1 atom stereocenters. The zero-order valence-electron chi connectivity index (χ0n) is 13.7. The number of carbonyl (C=O) groups is 2. The summed E-state index contributed by atoms with van der Waals surface area (Å²) in [5.74, 6) is -0.897. The fourth-order valence-corrected chi connectivity index (χ4v) is 3.32. The first-order chi connectivity index (χ1) is 9.47. The average molecular weight is 297 g/mol. The van der Waals surface area contributed by atoms with E-state index in [-0.39, 0.29) is 11.5 Å². The van der Waals surface area contributed by atoms with Gasteiger partial charge in [0.05, 0.1) is 0 Å². The molecule has 0 aromatic rings. The molecule has 1 amide bonds. The maximum Gasteiger partial charge on any atom is 0.411 e. The van der Waals surface area contributed by atoms with Crippen molar-refractivity contribution in [3.63, 3.8) is 0 Å².